The summed E-state index contributed by atoms with van der Waals surface area (Å²) in [5.41, 5.74) is 0.328. The fourth-order valence-electron chi connectivity index (χ4n) is 3.28. The molecule has 1 fully saturated rings. The molecule has 0 amide bonds. The first-order valence-corrected chi connectivity index (χ1v) is 7.82. The zero-order chi connectivity index (χ0) is 15.1. The lowest BCUT2D eigenvalue weighted by Crippen LogP contribution is -2.52. The van der Waals surface area contributed by atoms with Gasteiger partial charge < -0.3 is 5.11 Å². The highest BCUT2D eigenvalue weighted by Crippen LogP contribution is 2.55. The summed E-state index contributed by atoms with van der Waals surface area (Å²) in [6.07, 6.45) is 4.62. The Morgan fingerprint density at radius 2 is 1.90 bits per heavy atom. The molecule has 1 aromatic carbocycles. The van der Waals surface area contributed by atoms with E-state index >= 15 is 0 Å². The summed E-state index contributed by atoms with van der Waals surface area (Å²) in [5, 5.41) is 12.3. The van der Waals surface area contributed by atoms with Crippen LogP contribution in [0.5, 0.6) is 0 Å². The van der Waals surface area contributed by atoms with E-state index in [1.165, 1.54) is 0 Å². The van der Waals surface area contributed by atoms with Gasteiger partial charge in [0.1, 0.15) is 5.60 Å². The first kappa shape index (κ1) is 14.8. The zero-order valence-electron chi connectivity index (χ0n) is 11.8. The van der Waals surface area contributed by atoms with Crippen LogP contribution in [0.25, 0.3) is 0 Å². The number of pyridine rings is 1. The van der Waals surface area contributed by atoms with Gasteiger partial charge in [-0.05, 0) is 49.6 Å². The van der Waals surface area contributed by atoms with Crippen molar-refractivity contribution in [2.45, 2.75) is 37.2 Å². The molecule has 4 heteroatoms. The van der Waals surface area contributed by atoms with Crippen molar-refractivity contribution in [3.05, 3.63) is 63.9 Å². The molecule has 1 atom stereocenters. The Hall–Kier alpha value is -1.09. The van der Waals surface area contributed by atoms with Crippen LogP contribution in [0, 0.1) is 0 Å². The third-order valence-corrected chi connectivity index (χ3v) is 5.51. The SMILES string of the molecule is CC(O)(c1ccccn1)C1(c2ccc(Cl)c(Cl)c2)CCC1. The Morgan fingerprint density at radius 1 is 1.14 bits per heavy atom. The molecule has 1 unspecified atom stereocenters. The van der Waals surface area contributed by atoms with E-state index in [0.29, 0.717) is 15.7 Å². The standard InChI is InChI=1S/C17H17Cl2NO/c1-16(21,15-5-2-3-10-20-15)17(8-4-9-17)12-6-7-13(18)14(19)11-12/h2-3,5-7,10-11,21H,4,8-9H2,1H3. The molecule has 0 radical (unpaired) electrons. The molecule has 1 aliphatic carbocycles. The van der Waals surface area contributed by atoms with Gasteiger partial charge in [-0.15, -0.1) is 0 Å². The van der Waals surface area contributed by atoms with E-state index < -0.39 is 5.60 Å². The highest BCUT2D eigenvalue weighted by molar-refractivity contribution is 6.42. The molecular weight excluding hydrogens is 305 g/mol. The lowest BCUT2D eigenvalue weighted by atomic mass is 9.55. The fourth-order valence-corrected chi connectivity index (χ4v) is 3.57. The summed E-state index contributed by atoms with van der Waals surface area (Å²) in [6, 6.07) is 11.3. The first-order valence-electron chi connectivity index (χ1n) is 7.07. The second-order valence-electron chi connectivity index (χ2n) is 5.85. The molecule has 3 rings (SSSR count). The van der Waals surface area contributed by atoms with E-state index in [-0.39, 0.29) is 5.41 Å². The molecule has 1 N–H and O–H groups in total. The van der Waals surface area contributed by atoms with Crippen molar-refractivity contribution in [1.29, 1.82) is 0 Å². The van der Waals surface area contributed by atoms with Gasteiger partial charge in [-0.2, -0.15) is 0 Å². The van der Waals surface area contributed by atoms with Crippen LogP contribution in [0.3, 0.4) is 0 Å². The predicted octanol–water partition coefficient (Wildman–Crippen LogP) is 4.72. The summed E-state index contributed by atoms with van der Waals surface area (Å²) in [5.74, 6) is 0. The Bertz CT molecular complexity index is 651. The normalized spacial score (nSPS) is 19.6. The van der Waals surface area contributed by atoms with E-state index in [9.17, 15) is 5.11 Å². The number of aliphatic hydroxyl groups is 1. The number of aromatic nitrogens is 1. The van der Waals surface area contributed by atoms with E-state index in [2.05, 4.69) is 4.98 Å². The minimum atomic E-state index is -1.04. The number of benzene rings is 1. The molecule has 0 bridgehead atoms. The van der Waals surface area contributed by atoms with Gasteiger partial charge in [0.2, 0.25) is 0 Å². The minimum absolute atomic E-state index is 0.352. The van der Waals surface area contributed by atoms with E-state index in [0.717, 1.165) is 24.8 Å². The number of hydrogen-bond acceptors (Lipinski definition) is 2. The second-order valence-corrected chi connectivity index (χ2v) is 6.67. The molecule has 1 saturated carbocycles. The van der Waals surface area contributed by atoms with Gasteiger partial charge in [-0.25, -0.2) is 0 Å². The third-order valence-electron chi connectivity index (χ3n) is 4.77. The van der Waals surface area contributed by atoms with Crippen LogP contribution in [0.15, 0.2) is 42.6 Å². The molecule has 0 aliphatic heterocycles. The van der Waals surface area contributed by atoms with Crippen LogP contribution in [0.4, 0.5) is 0 Å². The smallest absolute Gasteiger partial charge is 0.113 e. The summed E-state index contributed by atoms with van der Waals surface area (Å²) in [6.45, 7) is 1.84. The summed E-state index contributed by atoms with van der Waals surface area (Å²) < 4.78 is 0. The number of rotatable bonds is 3. The van der Waals surface area contributed by atoms with Gasteiger partial charge in [0.05, 0.1) is 15.7 Å². The van der Waals surface area contributed by atoms with Gasteiger partial charge >= 0.3 is 0 Å². The van der Waals surface area contributed by atoms with Crippen LogP contribution in [0.1, 0.15) is 37.4 Å². The van der Waals surface area contributed by atoms with Crippen LogP contribution in [-0.2, 0) is 11.0 Å². The molecule has 1 heterocycles. The van der Waals surface area contributed by atoms with Gasteiger partial charge in [0, 0.05) is 11.6 Å². The summed E-state index contributed by atoms with van der Waals surface area (Å²) >= 11 is 12.2. The maximum atomic E-state index is 11.2. The molecule has 2 aromatic rings. The van der Waals surface area contributed by atoms with E-state index in [4.69, 9.17) is 23.2 Å². The largest absolute Gasteiger partial charge is 0.383 e. The highest BCUT2D eigenvalue weighted by atomic mass is 35.5. The lowest BCUT2D eigenvalue weighted by molar-refractivity contribution is -0.0719. The maximum absolute atomic E-state index is 11.2. The topological polar surface area (TPSA) is 33.1 Å². The lowest BCUT2D eigenvalue weighted by Gasteiger charge is -2.52. The zero-order valence-corrected chi connectivity index (χ0v) is 13.3. The average molecular weight is 322 g/mol. The molecule has 0 spiro atoms. The Morgan fingerprint density at radius 3 is 2.43 bits per heavy atom. The molecule has 1 aliphatic rings. The monoisotopic (exact) mass is 321 g/mol. The van der Waals surface area contributed by atoms with Crippen molar-refractivity contribution < 1.29 is 5.11 Å². The van der Waals surface area contributed by atoms with Crippen LogP contribution >= 0.6 is 23.2 Å². The van der Waals surface area contributed by atoms with Crippen molar-refractivity contribution in [2.24, 2.45) is 0 Å². The second kappa shape index (κ2) is 5.28. The molecule has 0 saturated heterocycles. The van der Waals surface area contributed by atoms with Crippen molar-refractivity contribution >= 4 is 23.2 Å². The Kier molecular flexibility index (Phi) is 3.73. The maximum Gasteiger partial charge on any atom is 0.113 e. The third kappa shape index (κ3) is 2.26. The number of halogens is 2. The van der Waals surface area contributed by atoms with Gasteiger partial charge in [-0.1, -0.05) is 41.8 Å². The van der Waals surface area contributed by atoms with Crippen LogP contribution in [-0.4, -0.2) is 10.1 Å². The Labute approximate surface area is 134 Å². The van der Waals surface area contributed by atoms with Gasteiger partial charge in [0.15, 0.2) is 0 Å². The summed E-state index contributed by atoms with van der Waals surface area (Å²) in [4.78, 5) is 4.35. The van der Waals surface area contributed by atoms with Gasteiger partial charge in [0.25, 0.3) is 0 Å². The van der Waals surface area contributed by atoms with E-state index in [1.807, 2.05) is 37.3 Å². The minimum Gasteiger partial charge on any atom is -0.383 e. The Balaban J connectivity index is 2.09. The highest BCUT2D eigenvalue weighted by Gasteiger charge is 2.54. The average Bonchev–Trinajstić information content (AvgIpc) is 2.42. The van der Waals surface area contributed by atoms with Crippen molar-refractivity contribution in [3.63, 3.8) is 0 Å². The molecular formula is C17H17Cl2NO. The number of hydrogen-bond donors (Lipinski definition) is 1. The van der Waals surface area contributed by atoms with Crippen LogP contribution < -0.4 is 0 Å². The van der Waals surface area contributed by atoms with Crippen LogP contribution in [0.2, 0.25) is 10.0 Å². The first-order chi connectivity index (χ1) is 9.97. The molecule has 110 valence electrons. The predicted molar refractivity (Wildman–Crippen MR) is 85.8 cm³/mol. The summed E-state index contributed by atoms with van der Waals surface area (Å²) in [7, 11) is 0. The molecule has 21 heavy (non-hydrogen) atoms. The quantitative estimate of drug-likeness (QED) is 0.887. The van der Waals surface area contributed by atoms with Crippen molar-refractivity contribution in [1.82, 2.24) is 4.98 Å². The van der Waals surface area contributed by atoms with Crippen molar-refractivity contribution in [2.75, 3.05) is 0 Å². The number of nitrogens with zero attached hydrogens (tertiary/aromatic N) is 1. The molecule has 1 aromatic heterocycles. The van der Waals surface area contributed by atoms with Crippen molar-refractivity contribution in [3.8, 4) is 0 Å². The molecule has 2 nitrogen and oxygen atoms in total. The van der Waals surface area contributed by atoms with Gasteiger partial charge in [-0.3, -0.25) is 4.98 Å². The fraction of sp³-hybridized carbons (Fsp3) is 0.353. The van der Waals surface area contributed by atoms with E-state index in [1.54, 1.807) is 12.3 Å².